The number of nitrogens with zero attached hydrogens (tertiary/aromatic N) is 4. The molecule has 2 heterocycles. The minimum atomic E-state index is 0.611. The maximum absolute atomic E-state index is 4.38. The normalized spacial score (nSPS) is 16.0. The van der Waals surface area contributed by atoms with Crippen molar-refractivity contribution in [1.29, 1.82) is 0 Å². The largest absolute Gasteiger partial charge is 0.357 e. The van der Waals surface area contributed by atoms with Crippen molar-refractivity contribution >= 4 is 17.8 Å². The second kappa shape index (κ2) is 4.96. The number of hydrogen-bond donors (Lipinski definition) is 2. The van der Waals surface area contributed by atoms with Gasteiger partial charge in [-0.1, -0.05) is 0 Å². The minimum absolute atomic E-state index is 0.611. The molecule has 0 unspecified atom stereocenters. The number of aromatic nitrogens is 3. The third-order valence-corrected chi connectivity index (χ3v) is 2.71. The Bertz CT molecular complexity index is 325. The first-order valence-electron chi connectivity index (χ1n) is 5.70. The number of rotatable bonds is 3. The molecule has 0 atom stereocenters. The lowest BCUT2D eigenvalue weighted by Gasteiger charge is -2.26. The number of nitrogens with one attached hydrogen (secondary N) is 2. The van der Waals surface area contributed by atoms with E-state index in [0.717, 1.165) is 19.0 Å². The van der Waals surface area contributed by atoms with Gasteiger partial charge in [0.15, 0.2) is 0 Å². The van der Waals surface area contributed by atoms with Crippen LogP contribution in [0.1, 0.15) is 19.3 Å². The van der Waals surface area contributed by atoms with Crippen molar-refractivity contribution in [3.05, 3.63) is 0 Å². The molecule has 0 spiro atoms. The van der Waals surface area contributed by atoms with Crippen molar-refractivity contribution in [1.82, 2.24) is 15.0 Å². The van der Waals surface area contributed by atoms with E-state index in [0.29, 0.717) is 11.9 Å². The van der Waals surface area contributed by atoms with Crippen LogP contribution in [0.5, 0.6) is 0 Å². The second-order valence-electron chi connectivity index (χ2n) is 3.83. The molecular formula is C10H18N6. The molecule has 0 radical (unpaired) electrons. The van der Waals surface area contributed by atoms with Gasteiger partial charge in [-0.05, 0) is 19.3 Å². The molecule has 16 heavy (non-hydrogen) atoms. The van der Waals surface area contributed by atoms with Crippen molar-refractivity contribution in [3.8, 4) is 0 Å². The van der Waals surface area contributed by atoms with Crippen LogP contribution in [0.25, 0.3) is 0 Å². The molecular weight excluding hydrogens is 204 g/mol. The van der Waals surface area contributed by atoms with Crippen LogP contribution >= 0.6 is 0 Å². The molecule has 6 heteroatoms. The maximum Gasteiger partial charge on any atom is 0.231 e. The second-order valence-corrected chi connectivity index (χ2v) is 3.83. The van der Waals surface area contributed by atoms with Gasteiger partial charge in [0.2, 0.25) is 17.8 Å². The first-order chi connectivity index (χ1) is 7.83. The zero-order valence-corrected chi connectivity index (χ0v) is 9.82. The summed E-state index contributed by atoms with van der Waals surface area (Å²) in [6.45, 7) is 2.08. The van der Waals surface area contributed by atoms with Crippen LogP contribution in [0.3, 0.4) is 0 Å². The number of piperidine rings is 1. The lowest BCUT2D eigenvalue weighted by atomic mass is 10.1. The van der Waals surface area contributed by atoms with Crippen LogP contribution in [0.4, 0.5) is 17.8 Å². The molecule has 0 aliphatic carbocycles. The molecule has 1 fully saturated rings. The van der Waals surface area contributed by atoms with E-state index < -0.39 is 0 Å². The average molecular weight is 222 g/mol. The number of anilines is 3. The Balaban J connectivity index is 2.24. The van der Waals surface area contributed by atoms with Crippen LogP contribution in [0.2, 0.25) is 0 Å². The number of hydrogen-bond acceptors (Lipinski definition) is 6. The summed E-state index contributed by atoms with van der Waals surface area (Å²) >= 11 is 0. The van der Waals surface area contributed by atoms with E-state index in [9.17, 15) is 0 Å². The van der Waals surface area contributed by atoms with Gasteiger partial charge in [0.1, 0.15) is 0 Å². The van der Waals surface area contributed by atoms with Crippen molar-refractivity contribution in [2.24, 2.45) is 0 Å². The quantitative estimate of drug-likeness (QED) is 0.793. The zero-order valence-electron chi connectivity index (χ0n) is 9.82. The molecule has 1 aromatic rings. The van der Waals surface area contributed by atoms with Crippen molar-refractivity contribution in [2.75, 3.05) is 42.7 Å². The summed E-state index contributed by atoms with van der Waals surface area (Å²) in [7, 11) is 3.63. The highest BCUT2D eigenvalue weighted by Crippen LogP contribution is 2.17. The standard InChI is InChI=1S/C10H18N6/c1-11-8-13-9(12-2)15-10(14-8)16-6-4-3-5-7-16/h3-7H2,1-2H3,(H2,11,12,13,14,15). The zero-order chi connectivity index (χ0) is 11.4. The Labute approximate surface area is 95.5 Å². The van der Waals surface area contributed by atoms with Gasteiger partial charge in [-0.3, -0.25) is 0 Å². The topological polar surface area (TPSA) is 66.0 Å². The summed E-state index contributed by atoms with van der Waals surface area (Å²) in [5.74, 6) is 1.99. The fourth-order valence-electron chi connectivity index (χ4n) is 1.82. The monoisotopic (exact) mass is 222 g/mol. The Morgan fingerprint density at radius 3 is 1.94 bits per heavy atom. The van der Waals surface area contributed by atoms with E-state index >= 15 is 0 Å². The van der Waals surface area contributed by atoms with E-state index in [2.05, 4.69) is 30.5 Å². The molecule has 6 nitrogen and oxygen atoms in total. The van der Waals surface area contributed by atoms with Crippen LogP contribution in [-0.2, 0) is 0 Å². The summed E-state index contributed by atoms with van der Waals surface area (Å²) in [4.78, 5) is 15.2. The predicted molar refractivity (Wildman–Crippen MR) is 65.0 cm³/mol. The third-order valence-electron chi connectivity index (χ3n) is 2.71. The fourth-order valence-corrected chi connectivity index (χ4v) is 1.82. The molecule has 0 amide bonds. The van der Waals surface area contributed by atoms with Gasteiger partial charge in [0, 0.05) is 27.2 Å². The van der Waals surface area contributed by atoms with Crippen molar-refractivity contribution in [2.45, 2.75) is 19.3 Å². The van der Waals surface area contributed by atoms with Gasteiger partial charge in [-0.15, -0.1) is 0 Å². The summed E-state index contributed by atoms with van der Waals surface area (Å²) in [5, 5.41) is 5.90. The van der Waals surface area contributed by atoms with Crippen molar-refractivity contribution < 1.29 is 0 Å². The van der Waals surface area contributed by atoms with Gasteiger partial charge >= 0.3 is 0 Å². The van der Waals surface area contributed by atoms with E-state index in [1.165, 1.54) is 19.3 Å². The Hall–Kier alpha value is -1.59. The van der Waals surface area contributed by atoms with Crippen molar-refractivity contribution in [3.63, 3.8) is 0 Å². The lowest BCUT2D eigenvalue weighted by molar-refractivity contribution is 0.568. The smallest absolute Gasteiger partial charge is 0.231 e. The molecule has 2 rings (SSSR count). The molecule has 88 valence electrons. The summed E-state index contributed by atoms with van der Waals surface area (Å²) in [5.41, 5.74) is 0. The fraction of sp³-hybridized carbons (Fsp3) is 0.700. The third kappa shape index (κ3) is 2.32. The van der Waals surface area contributed by atoms with Gasteiger partial charge in [-0.25, -0.2) is 0 Å². The molecule has 1 aliphatic heterocycles. The van der Waals surface area contributed by atoms with E-state index in [4.69, 9.17) is 0 Å². The Morgan fingerprint density at radius 2 is 1.44 bits per heavy atom. The maximum atomic E-state index is 4.38. The van der Waals surface area contributed by atoms with Gasteiger partial charge in [-0.2, -0.15) is 15.0 Å². The molecule has 0 bridgehead atoms. The Morgan fingerprint density at radius 1 is 0.875 bits per heavy atom. The van der Waals surface area contributed by atoms with E-state index in [1.54, 1.807) is 0 Å². The van der Waals surface area contributed by atoms with Gasteiger partial charge < -0.3 is 15.5 Å². The first kappa shape index (κ1) is 10.9. The summed E-state index contributed by atoms with van der Waals surface area (Å²) in [6, 6.07) is 0. The highest BCUT2D eigenvalue weighted by molar-refractivity contribution is 5.43. The van der Waals surface area contributed by atoms with Crippen LogP contribution in [0, 0.1) is 0 Å². The molecule has 1 aliphatic rings. The van der Waals surface area contributed by atoms with Crippen LogP contribution < -0.4 is 15.5 Å². The molecule has 0 aromatic carbocycles. The molecule has 1 saturated heterocycles. The highest BCUT2D eigenvalue weighted by Gasteiger charge is 2.15. The van der Waals surface area contributed by atoms with Crippen LogP contribution in [-0.4, -0.2) is 42.1 Å². The average Bonchev–Trinajstić information content (AvgIpc) is 2.39. The SMILES string of the molecule is CNc1nc(NC)nc(N2CCCCC2)n1. The summed E-state index contributed by atoms with van der Waals surface area (Å²) in [6.07, 6.45) is 3.74. The van der Waals surface area contributed by atoms with E-state index in [-0.39, 0.29) is 0 Å². The van der Waals surface area contributed by atoms with Crippen LogP contribution in [0.15, 0.2) is 0 Å². The Kier molecular flexibility index (Phi) is 3.38. The lowest BCUT2D eigenvalue weighted by Crippen LogP contribution is -2.31. The predicted octanol–water partition coefficient (Wildman–Crippen LogP) is 0.945. The first-order valence-corrected chi connectivity index (χ1v) is 5.70. The minimum Gasteiger partial charge on any atom is -0.357 e. The highest BCUT2D eigenvalue weighted by atomic mass is 15.3. The molecule has 0 saturated carbocycles. The van der Waals surface area contributed by atoms with Gasteiger partial charge in [0.25, 0.3) is 0 Å². The van der Waals surface area contributed by atoms with E-state index in [1.807, 2.05) is 14.1 Å². The molecule has 1 aromatic heterocycles. The van der Waals surface area contributed by atoms with Gasteiger partial charge in [0.05, 0.1) is 0 Å². The summed E-state index contributed by atoms with van der Waals surface area (Å²) < 4.78 is 0. The molecule has 2 N–H and O–H groups in total.